The van der Waals surface area contributed by atoms with E-state index in [0.29, 0.717) is 6.54 Å². The zero-order chi connectivity index (χ0) is 12.5. The molecule has 0 spiro atoms. The molecule has 0 aliphatic heterocycles. The molecule has 0 bridgehead atoms. The van der Waals surface area contributed by atoms with Crippen LogP contribution in [0.25, 0.3) is 0 Å². The van der Waals surface area contributed by atoms with E-state index in [1.807, 2.05) is 0 Å². The lowest BCUT2D eigenvalue weighted by Gasteiger charge is -2.07. The monoisotopic (exact) mass is 245 g/mol. The molecule has 0 atom stereocenters. The minimum atomic E-state index is -2.78. The minimum Gasteiger partial charge on any atom is -0.435 e. The van der Waals surface area contributed by atoms with Crippen LogP contribution in [0.2, 0.25) is 0 Å². The molecule has 0 radical (unpaired) electrons. The Morgan fingerprint density at radius 3 is 2.47 bits per heavy atom. The standard InChI is InChI=1S/C12H17F2NO2/c13-12(14)17-11-5-3-10(4-6-11)9-15-7-1-2-8-16/h3-6,12,15-16H,1-2,7-9H2. The molecule has 1 aromatic rings. The average molecular weight is 245 g/mol. The quantitative estimate of drug-likeness (QED) is 0.689. The van der Waals surface area contributed by atoms with E-state index in [-0.39, 0.29) is 12.4 Å². The second-order valence-corrected chi connectivity index (χ2v) is 3.63. The summed E-state index contributed by atoms with van der Waals surface area (Å²) in [5, 5.41) is 11.8. The van der Waals surface area contributed by atoms with E-state index in [2.05, 4.69) is 10.1 Å². The summed E-state index contributed by atoms with van der Waals surface area (Å²) < 4.78 is 28.0. The van der Waals surface area contributed by atoms with Crippen LogP contribution in [0.5, 0.6) is 5.75 Å². The zero-order valence-electron chi connectivity index (χ0n) is 9.53. The fourth-order valence-electron chi connectivity index (χ4n) is 1.38. The van der Waals surface area contributed by atoms with Crippen molar-refractivity contribution < 1.29 is 18.6 Å². The second-order valence-electron chi connectivity index (χ2n) is 3.63. The maximum atomic E-state index is 11.9. The number of aliphatic hydroxyl groups is 1. The highest BCUT2D eigenvalue weighted by atomic mass is 19.3. The lowest BCUT2D eigenvalue weighted by molar-refractivity contribution is -0.0498. The van der Waals surface area contributed by atoms with Crippen LogP contribution in [0.4, 0.5) is 8.78 Å². The highest BCUT2D eigenvalue weighted by Gasteiger charge is 2.03. The van der Waals surface area contributed by atoms with E-state index in [4.69, 9.17) is 5.11 Å². The molecule has 0 aliphatic carbocycles. The number of ether oxygens (including phenoxy) is 1. The van der Waals surface area contributed by atoms with Gasteiger partial charge >= 0.3 is 6.61 Å². The Kier molecular flexibility index (Phi) is 6.50. The maximum Gasteiger partial charge on any atom is 0.387 e. The van der Waals surface area contributed by atoms with Crippen molar-refractivity contribution in [3.8, 4) is 5.75 Å². The van der Waals surface area contributed by atoms with Crippen molar-refractivity contribution >= 4 is 0 Å². The number of nitrogens with one attached hydrogen (secondary N) is 1. The van der Waals surface area contributed by atoms with E-state index >= 15 is 0 Å². The molecule has 0 aliphatic rings. The Morgan fingerprint density at radius 1 is 1.18 bits per heavy atom. The molecular weight excluding hydrogens is 228 g/mol. The number of halogens is 2. The third-order valence-electron chi connectivity index (χ3n) is 2.24. The summed E-state index contributed by atoms with van der Waals surface area (Å²) in [6, 6.07) is 6.54. The van der Waals surface area contributed by atoms with Gasteiger partial charge in [-0.3, -0.25) is 0 Å². The summed E-state index contributed by atoms with van der Waals surface area (Å²) in [6.07, 6.45) is 1.71. The van der Waals surface area contributed by atoms with E-state index in [9.17, 15) is 8.78 Å². The van der Waals surface area contributed by atoms with Gasteiger partial charge in [0, 0.05) is 13.2 Å². The summed E-state index contributed by atoms with van der Waals surface area (Å²) in [6.45, 7) is -1.06. The minimum absolute atomic E-state index is 0.170. The van der Waals surface area contributed by atoms with Crippen molar-refractivity contribution in [1.29, 1.82) is 0 Å². The van der Waals surface area contributed by atoms with Crippen molar-refractivity contribution in [2.24, 2.45) is 0 Å². The van der Waals surface area contributed by atoms with Gasteiger partial charge in [0.05, 0.1) is 0 Å². The molecule has 1 rings (SSSR count). The van der Waals surface area contributed by atoms with Crippen LogP contribution in [-0.4, -0.2) is 24.9 Å². The third-order valence-corrected chi connectivity index (χ3v) is 2.24. The smallest absolute Gasteiger partial charge is 0.387 e. The van der Waals surface area contributed by atoms with Gasteiger partial charge in [-0.1, -0.05) is 12.1 Å². The summed E-state index contributed by atoms with van der Waals surface area (Å²) in [4.78, 5) is 0. The predicted molar refractivity (Wildman–Crippen MR) is 61.1 cm³/mol. The lowest BCUT2D eigenvalue weighted by atomic mass is 10.2. The second kappa shape index (κ2) is 7.97. The molecule has 0 aromatic heterocycles. The lowest BCUT2D eigenvalue weighted by Crippen LogP contribution is -2.14. The molecule has 0 saturated heterocycles. The molecule has 96 valence electrons. The van der Waals surface area contributed by atoms with Gasteiger partial charge in [-0.25, -0.2) is 0 Å². The SMILES string of the molecule is OCCCCNCc1ccc(OC(F)F)cc1. The largest absolute Gasteiger partial charge is 0.435 e. The van der Waals surface area contributed by atoms with Crippen LogP contribution in [0.1, 0.15) is 18.4 Å². The van der Waals surface area contributed by atoms with Gasteiger partial charge in [0.15, 0.2) is 0 Å². The molecule has 0 saturated carbocycles. The molecule has 17 heavy (non-hydrogen) atoms. The van der Waals surface area contributed by atoms with E-state index in [1.54, 1.807) is 12.1 Å². The fraction of sp³-hybridized carbons (Fsp3) is 0.500. The van der Waals surface area contributed by atoms with E-state index < -0.39 is 6.61 Å². The van der Waals surface area contributed by atoms with Crippen molar-refractivity contribution in [3.63, 3.8) is 0 Å². The predicted octanol–water partition coefficient (Wildman–Crippen LogP) is 2.15. The third kappa shape index (κ3) is 6.19. The topological polar surface area (TPSA) is 41.5 Å². The number of benzene rings is 1. The fourth-order valence-corrected chi connectivity index (χ4v) is 1.38. The number of rotatable bonds is 8. The average Bonchev–Trinajstić information content (AvgIpc) is 2.30. The van der Waals surface area contributed by atoms with Gasteiger partial charge < -0.3 is 15.2 Å². The number of unbranched alkanes of at least 4 members (excludes halogenated alkanes) is 1. The molecular formula is C12H17F2NO2. The van der Waals surface area contributed by atoms with Gasteiger partial charge in [0.1, 0.15) is 5.75 Å². The van der Waals surface area contributed by atoms with Gasteiger partial charge in [0.25, 0.3) is 0 Å². The van der Waals surface area contributed by atoms with Crippen molar-refractivity contribution in [1.82, 2.24) is 5.32 Å². The Bertz CT molecular complexity index is 304. The first-order chi connectivity index (χ1) is 8.22. The number of hydrogen-bond acceptors (Lipinski definition) is 3. The Labute approximate surface area is 99.4 Å². The Hall–Kier alpha value is -1.20. The zero-order valence-corrected chi connectivity index (χ0v) is 9.53. The first-order valence-electron chi connectivity index (χ1n) is 5.57. The number of alkyl halides is 2. The van der Waals surface area contributed by atoms with Crippen LogP contribution in [0, 0.1) is 0 Å². The van der Waals surface area contributed by atoms with Crippen LogP contribution in [0.15, 0.2) is 24.3 Å². The molecule has 2 N–H and O–H groups in total. The normalized spacial score (nSPS) is 10.8. The van der Waals surface area contributed by atoms with Crippen molar-refractivity contribution in [2.45, 2.75) is 26.0 Å². The van der Waals surface area contributed by atoms with Gasteiger partial charge in [-0.2, -0.15) is 8.78 Å². The number of hydrogen-bond donors (Lipinski definition) is 2. The summed E-state index contributed by atoms with van der Waals surface area (Å²) in [7, 11) is 0. The summed E-state index contributed by atoms with van der Waals surface area (Å²) in [5.74, 6) is 0.170. The molecule has 1 aromatic carbocycles. The highest BCUT2D eigenvalue weighted by Crippen LogP contribution is 2.14. The molecule has 0 fully saturated rings. The van der Waals surface area contributed by atoms with Crippen molar-refractivity contribution in [2.75, 3.05) is 13.2 Å². The molecule has 0 amide bonds. The molecule has 0 heterocycles. The summed E-state index contributed by atoms with van der Waals surface area (Å²) in [5.41, 5.74) is 1.01. The van der Waals surface area contributed by atoms with E-state index in [1.165, 1.54) is 12.1 Å². The van der Waals surface area contributed by atoms with Crippen LogP contribution in [-0.2, 0) is 6.54 Å². The van der Waals surface area contributed by atoms with E-state index in [0.717, 1.165) is 24.9 Å². The first kappa shape index (κ1) is 13.9. The van der Waals surface area contributed by atoms with Crippen LogP contribution < -0.4 is 10.1 Å². The molecule has 3 nitrogen and oxygen atoms in total. The van der Waals surface area contributed by atoms with Gasteiger partial charge in [-0.05, 0) is 37.1 Å². The maximum absolute atomic E-state index is 11.9. The van der Waals surface area contributed by atoms with Gasteiger partial charge in [0.2, 0.25) is 0 Å². The van der Waals surface area contributed by atoms with Crippen molar-refractivity contribution in [3.05, 3.63) is 29.8 Å². The number of aliphatic hydroxyl groups excluding tert-OH is 1. The Morgan fingerprint density at radius 2 is 1.88 bits per heavy atom. The van der Waals surface area contributed by atoms with Gasteiger partial charge in [-0.15, -0.1) is 0 Å². The molecule has 5 heteroatoms. The van der Waals surface area contributed by atoms with Crippen LogP contribution >= 0.6 is 0 Å². The highest BCUT2D eigenvalue weighted by molar-refractivity contribution is 5.27. The van der Waals surface area contributed by atoms with Crippen LogP contribution in [0.3, 0.4) is 0 Å². The first-order valence-corrected chi connectivity index (χ1v) is 5.57. The summed E-state index contributed by atoms with van der Waals surface area (Å²) >= 11 is 0. The Balaban J connectivity index is 2.25. The molecule has 0 unspecified atom stereocenters.